The van der Waals surface area contributed by atoms with Gasteiger partial charge in [0.1, 0.15) is 24.4 Å². The van der Waals surface area contributed by atoms with Gasteiger partial charge in [0.15, 0.2) is 17.9 Å². The van der Waals surface area contributed by atoms with Crippen molar-refractivity contribution >= 4 is 0 Å². The quantitative estimate of drug-likeness (QED) is 0.0335. The molecule has 0 saturated carbocycles. The molecule has 7 atom stereocenters. The van der Waals surface area contributed by atoms with Gasteiger partial charge in [0.05, 0.1) is 25.1 Å². The van der Waals surface area contributed by atoms with E-state index < -0.39 is 61.0 Å². The fraction of sp³-hybridized carbons (Fsp3) is 0.810. The van der Waals surface area contributed by atoms with Gasteiger partial charge in [-0.1, -0.05) is 148 Å². The van der Waals surface area contributed by atoms with Crippen molar-refractivity contribution in [2.75, 3.05) is 13.2 Å². The largest absolute Gasteiger partial charge is 0.394 e. The molecule has 1 fully saturated rings. The van der Waals surface area contributed by atoms with E-state index in [1.54, 1.807) is 0 Å². The van der Waals surface area contributed by atoms with E-state index in [1.807, 2.05) is 6.08 Å². The average Bonchev–Trinajstić information content (AvgIpc) is 3.13. The Bertz CT molecular complexity index is 973. The minimum absolute atomic E-state index is 0.160. The van der Waals surface area contributed by atoms with Crippen molar-refractivity contribution in [1.29, 1.82) is 0 Å². The molecule has 5 N–H and O–H groups in total. The molecule has 1 aliphatic heterocycles. The predicted molar refractivity (Wildman–Crippen MR) is 203 cm³/mol. The summed E-state index contributed by atoms with van der Waals surface area (Å²) < 4.78 is 51.9. The fourth-order valence-electron chi connectivity index (χ4n) is 6.54. The zero-order valence-corrected chi connectivity index (χ0v) is 32.1. The summed E-state index contributed by atoms with van der Waals surface area (Å²) in [5, 5.41) is 51.1. The van der Waals surface area contributed by atoms with E-state index in [-0.39, 0.29) is 18.9 Å². The first-order valence-electron chi connectivity index (χ1n) is 20.5. The molecule has 0 amide bonds. The molecule has 0 bridgehead atoms. The minimum Gasteiger partial charge on any atom is -0.394 e. The number of unbranched alkanes of at least 4 members (excludes halogenated alkanes) is 20. The molecule has 0 aromatic carbocycles. The van der Waals surface area contributed by atoms with E-state index in [4.69, 9.17) is 9.47 Å². The lowest BCUT2D eigenvalue weighted by Gasteiger charge is -2.40. The number of hydrogen-bond donors (Lipinski definition) is 5. The van der Waals surface area contributed by atoms with E-state index >= 15 is 4.39 Å². The summed E-state index contributed by atoms with van der Waals surface area (Å²) in [6, 6.07) is 0. The first-order chi connectivity index (χ1) is 25.1. The summed E-state index contributed by atoms with van der Waals surface area (Å²) in [6.45, 7) is 4.41. The second kappa shape index (κ2) is 31.8. The third kappa shape index (κ3) is 23.3. The maximum absolute atomic E-state index is 15.1. The van der Waals surface area contributed by atoms with Gasteiger partial charge in [-0.05, 0) is 44.3 Å². The van der Waals surface area contributed by atoms with E-state index in [0.717, 1.165) is 76.7 Å². The number of allylic oxidation sites excluding steroid dienone is 6. The Morgan fingerprint density at radius 3 is 1.79 bits per heavy atom. The highest BCUT2D eigenvalue weighted by Gasteiger charge is 2.44. The normalized spacial score (nSPS) is 22.7. The average molecular weight is 747 g/mol. The monoisotopic (exact) mass is 747 g/mol. The Hall–Kier alpha value is -1.53. The van der Waals surface area contributed by atoms with Gasteiger partial charge in [-0.25, -0.2) is 13.2 Å². The van der Waals surface area contributed by atoms with Crippen LogP contribution < -0.4 is 0 Å². The molecule has 7 unspecified atom stereocenters. The lowest BCUT2D eigenvalue weighted by atomic mass is 9.95. The Kier molecular flexibility index (Phi) is 29.6. The molecular formula is C42H73F3O7. The number of aliphatic hydroxyl groups is 5. The first-order valence-corrected chi connectivity index (χ1v) is 20.5. The molecule has 304 valence electrons. The van der Waals surface area contributed by atoms with E-state index in [1.165, 1.54) is 76.4 Å². The van der Waals surface area contributed by atoms with Crippen LogP contribution in [0.1, 0.15) is 161 Å². The SMILES string of the molecule is C=C(F)/C(F)=C\C=C\CCCCCCCCCC/C(F)=C\C(COC1OC(CO)C(O)C(O)C1O)C(O)CCCCCCCCCCCCCCC. The highest BCUT2D eigenvalue weighted by Crippen LogP contribution is 2.25. The van der Waals surface area contributed by atoms with Crippen molar-refractivity contribution in [3.05, 3.63) is 48.4 Å². The Balaban J connectivity index is 2.44. The molecule has 1 aliphatic rings. The van der Waals surface area contributed by atoms with Crippen molar-refractivity contribution in [1.82, 2.24) is 0 Å². The maximum Gasteiger partial charge on any atom is 0.186 e. The molecule has 1 saturated heterocycles. The molecule has 0 aromatic heterocycles. The van der Waals surface area contributed by atoms with Crippen LogP contribution >= 0.6 is 0 Å². The van der Waals surface area contributed by atoms with Gasteiger partial charge in [-0.15, -0.1) is 0 Å². The maximum atomic E-state index is 15.1. The summed E-state index contributed by atoms with van der Waals surface area (Å²) in [7, 11) is 0. The number of halogens is 3. The third-order valence-electron chi connectivity index (χ3n) is 9.97. The molecule has 0 radical (unpaired) electrons. The molecule has 1 heterocycles. The highest BCUT2D eigenvalue weighted by atomic mass is 19.2. The number of ether oxygens (including phenoxy) is 2. The molecule has 0 aliphatic carbocycles. The van der Waals surface area contributed by atoms with E-state index in [2.05, 4.69) is 13.5 Å². The number of hydrogen-bond acceptors (Lipinski definition) is 7. The molecular weight excluding hydrogens is 673 g/mol. The summed E-state index contributed by atoms with van der Waals surface area (Å²) >= 11 is 0. The van der Waals surface area contributed by atoms with Crippen molar-refractivity contribution in [3.63, 3.8) is 0 Å². The van der Waals surface area contributed by atoms with Gasteiger partial charge in [0.25, 0.3) is 0 Å². The van der Waals surface area contributed by atoms with Crippen LogP contribution in [0.2, 0.25) is 0 Å². The van der Waals surface area contributed by atoms with Gasteiger partial charge < -0.3 is 35.0 Å². The van der Waals surface area contributed by atoms with Crippen LogP contribution in [0.3, 0.4) is 0 Å². The second-order valence-corrected chi connectivity index (χ2v) is 14.6. The van der Waals surface area contributed by atoms with Gasteiger partial charge in [0, 0.05) is 5.92 Å². The van der Waals surface area contributed by atoms with Crippen LogP contribution in [0.5, 0.6) is 0 Å². The van der Waals surface area contributed by atoms with Crippen LogP contribution in [0.15, 0.2) is 48.4 Å². The molecule has 52 heavy (non-hydrogen) atoms. The standard InChI is InChI=1S/C42H73F3O7/c1-3-4-5-6-7-8-9-10-14-17-20-23-26-29-37(47)34(32-51-42-41(50)40(49)39(48)38(31-46)52-42)30-35(44)27-24-21-18-15-12-11-13-16-19-22-25-28-36(45)33(2)43/h22,25,28,30,34,37-42,46-50H,2-21,23-24,26-27,29,31-32H2,1H3/b25-22+,35-30+,36-28+. The first kappa shape index (κ1) is 48.5. The van der Waals surface area contributed by atoms with Crippen molar-refractivity contribution in [2.24, 2.45) is 5.92 Å². The van der Waals surface area contributed by atoms with Crippen LogP contribution in [-0.2, 0) is 9.47 Å². The summed E-state index contributed by atoms with van der Waals surface area (Å²) in [5.41, 5.74) is 0. The molecule has 7 nitrogen and oxygen atoms in total. The lowest BCUT2D eigenvalue weighted by Crippen LogP contribution is -2.59. The zero-order chi connectivity index (χ0) is 38.4. The predicted octanol–water partition coefficient (Wildman–Crippen LogP) is 9.91. The van der Waals surface area contributed by atoms with Crippen molar-refractivity contribution < 1.29 is 48.2 Å². The Labute approximate surface area is 313 Å². The van der Waals surface area contributed by atoms with Crippen LogP contribution in [0, 0.1) is 5.92 Å². The van der Waals surface area contributed by atoms with Gasteiger partial charge in [0.2, 0.25) is 0 Å². The summed E-state index contributed by atoms with van der Waals surface area (Å²) in [5.74, 6) is -3.05. The molecule has 10 heteroatoms. The summed E-state index contributed by atoms with van der Waals surface area (Å²) in [6.07, 6.45) is 23.0. The van der Waals surface area contributed by atoms with Crippen molar-refractivity contribution in [2.45, 2.75) is 198 Å². The van der Waals surface area contributed by atoms with Gasteiger partial charge in [-0.3, -0.25) is 0 Å². The minimum atomic E-state index is -1.58. The molecule has 0 spiro atoms. The van der Waals surface area contributed by atoms with Gasteiger partial charge in [-0.2, -0.15) is 0 Å². The Morgan fingerprint density at radius 2 is 1.25 bits per heavy atom. The number of aliphatic hydroxyl groups excluding tert-OH is 5. The zero-order valence-electron chi connectivity index (χ0n) is 32.1. The molecule has 1 rings (SSSR count). The van der Waals surface area contributed by atoms with Crippen LogP contribution in [0.25, 0.3) is 0 Å². The van der Waals surface area contributed by atoms with E-state index in [9.17, 15) is 34.3 Å². The van der Waals surface area contributed by atoms with E-state index in [0.29, 0.717) is 12.8 Å². The number of rotatable bonds is 33. The van der Waals surface area contributed by atoms with Crippen molar-refractivity contribution in [3.8, 4) is 0 Å². The molecule has 0 aromatic rings. The van der Waals surface area contributed by atoms with Gasteiger partial charge >= 0.3 is 0 Å². The summed E-state index contributed by atoms with van der Waals surface area (Å²) in [4.78, 5) is 0. The third-order valence-corrected chi connectivity index (χ3v) is 9.97. The Morgan fingerprint density at radius 1 is 0.731 bits per heavy atom. The van der Waals surface area contributed by atoms with Crippen LogP contribution in [-0.4, -0.2) is 75.6 Å². The second-order valence-electron chi connectivity index (χ2n) is 14.6. The smallest absolute Gasteiger partial charge is 0.186 e. The lowest BCUT2D eigenvalue weighted by molar-refractivity contribution is -0.303. The highest BCUT2D eigenvalue weighted by molar-refractivity contribution is 5.20. The van der Waals surface area contributed by atoms with Crippen LogP contribution in [0.4, 0.5) is 13.2 Å². The topological polar surface area (TPSA) is 120 Å². The fourth-order valence-corrected chi connectivity index (χ4v) is 6.54.